The minimum Gasteiger partial charge on any atom is -0.144 e. The number of halogens is 1. The van der Waals surface area contributed by atoms with Crippen LogP contribution in [0.5, 0.6) is 0 Å². The van der Waals surface area contributed by atoms with Crippen LogP contribution < -0.4 is 0 Å². The third-order valence-electron chi connectivity index (χ3n) is 4.90. The van der Waals surface area contributed by atoms with Gasteiger partial charge in [0.05, 0.1) is 0 Å². The van der Waals surface area contributed by atoms with Gasteiger partial charge in [-0.3, -0.25) is 0 Å². The largest absolute Gasteiger partial charge is 0.144 e. The Hall–Kier alpha value is -0.150. The van der Waals surface area contributed by atoms with Gasteiger partial charge in [0, 0.05) is 18.2 Å². The summed E-state index contributed by atoms with van der Waals surface area (Å²) in [6.45, 7) is 0. The van der Waals surface area contributed by atoms with Crippen molar-refractivity contribution in [3.05, 3.63) is 10.0 Å². The van der Waals surface area contributed by atoms with Crippen molar-refractivity contribution in [1.82, 2.24) is 10.2 Å². The highest BCUT2D eigenvalue weighted by Crippen LogP contribution is 2.46. The average molecular weight is 299 g/mol. The van der Waals surface area contributed by atoms with Crippen molar-refractivity contribution in [2.75, 3.05) is 5.88 Å². The minimum absolute atomic E-state index is 0.696. The van der Waals surface area contributed by atoms with E-state index in [9.17, 15) is 0 Å². The second-order valence-corrected chi connectivity index (χ2v) is 7.61. The number of aromatic nitrogens is 2. The maximum atomic E-state index is 5.74. The second-order valence-electron chi connectivity index (χ2n) is 6.14. The van der Waals surface area contributed by atoms with Gasteiger partial charge in [-0.15, -0.1) is 33.1 Å². The molecule has 2 fully saturated rings. The van der Waals surface area contributed by atoms with Crippen LogP contribution in [0.1, 0.15) is 67.3 Å². The summed E-state index contributed by atoms with van der Waals surface area (Å²) in [4.78, 5) is 0. The van der Waals surface area contributed by atoms with E-state index in [0.717, 1.165) is 30.6 Å². The van der Waals surface area contributed by atoms with Gasteiger partial charge in [-0.25, -0.2) is 0 Å². The molecule has 19 heavy (non-hydrogen) atoms. The monoisotopic (exact) mass is 298 g/mol. The van der Waals surface area contributed by atoms with Crippen LogP contribution in [0, 0.1) is 11.8 Å². The number of rotatable bonds is 4. The van der Waals surface area contributed by atoms with E-state index < -0.39 is 0 Å². The van der Waals surface area contributed by atoms with Crippen molar-refractivity contribution in [2.45, 2.75) is 63.7 Å². The van der Waals surface area contributed by atoms with Crippen LogP contribution in [-0.4, -0.2) is 16.1 Å². The Kier molecular flexibility index (Phi) is 4.75. The van der Waals surface area contributed by atoms with E-state index in [0.29, 0.717) is 5.92 Å². The molecule has 1 aromatic rings. The lowest BCUT2D eigenvalue weighted by Crippen LogP contribution is -2.26. The lowest BCUT2D eigenvalue weighted by Gasteiger charge is -2.38. The first kappa shape index (κ1) is 13.8. The van der Waals surface area contributed by atoms with Crippen LogP contribution >= 0.6 is 22.9 Å². The third kappa shape index (κ3) is 3.30. The molecule has 2 nitrogen and oxygen atoms in total. The standard InChI is InChI=1S/C15H23ClN2S/c16-9-3-6-14-17-18-15(19-14)13-8-7-11-4-1-2-5-12(11)10-13/h11-13H,1-10H2. The molecular weight excluding hydrogens is 276 g/mol. The van der Waals surface area contributed by atoms with Crippen LogP contribution in [0.15, 0.2) is 0 Å². The molecule has 3 unspecified atom stereocenters. The smallest absolute Gasteiger partial charge is 0.120 e. The summed E-state index contributed by atoms with van der Waals surface area (Å²) in [5.41, 5.74) is 0. The van der Waals surface area contributed by atoms with E-state index in [4.69, 9.17) is 11.6 Å². The highest BCUT2D eigenvalue weighted by molar-refractivity contribution is 7.11. The van der Waals surface area contributed by atoms with Gasteiger partial charge >= 0.3 is 0 Å². The Morgan fingerprint density at radius 2 is 1.89 bits per heavy atom. The van der Waals surface area contributed by atoms with Gasteiger partial charge in [0.25, 0.3) is 0 Å². The normalized spacial score (nSPS) is 31.1. The van der Waals surface area contributed by atoms with Gasteiger partial charge in [0.15, 0.2) is 0 Å². The molecule has 0 radical (unpaired) electrons. The van der Waals surface area contributed by atoms with E-state index >= 15 is 0 Å². The molecule has 1 heterocycles. The Morgan fingerprint density at radius 1 is 1.05 bits per heavy atom. The van der Waals surface area contributed by atoms with Crippen LogP contribution in [-0.2, 0) is 6.42 Å². The van der Waals surface area contributed by atoms with Crippen molar-refractivity contribution in [3.63, 3.8) is 0 Å². The zero-order valence-corrected chi connectivity index (χ0v) is 13.1. The van der Waals surface area contributed by atoms with Gasteiger partial charge in [-0.1, -0.05) is 25.7 Å². The molecule has 2 saturated carbocycles. The fourth-order valence-electron chi connectivity index (χ4n) is 3.85. The summed E-state index contributed by atoms with van der Waals surface area (Å²) in [7, 11) is 0. The number of hydrogen-bond acceptors (Lipinski definition) is 3. The fraction of sp³-hybridized carbons (Fsp3) is 0.867. The van der Waals surface area contributed by atoms with Crippen LogP contribution in [0.25, 0.3) is 0 Å². The van der Waals surface area contributed by atoms with E-state index in [1.165, 1.54) is 55.0 Å². The summed E-state index contributed by atoms with van der Waals surface area (Å²) in [5.74, 6) is 3.42. The summed E-state index contributed by atoms with van der Waals surface area (Å²) in [6.07, 6.45) is 12.0. The molecule has 0 N–H and O–H groups in total. The molecule has 0 bridgehead atoms. The Balaban J connectivity index is 1.61. The molecule has 0 saturated heterocycles. The topological polar surface area (TPSA) is 25.8 Å². The van der Waals surface area contributed by atoms with Gasteiger partial charge in [-0.05, 0) is 37.5 Å². The van der Waals surface area contributed by atoms with Crippen LogP contribution in [0.4, 0.5) is 0 Å². The van der Waals surface area contributed by atoms with Gasteiger partial charge < -0.3 is 0 Å². The van der Waals surface area contributed by atoms with Crippen molar-refractivity contribution in [3.8, 4) is 0 Å². The SMILES string of the molecule is ClCCCc1nnc(C2CCC3CCCCC3C2)s1. The number of nitrogens with zero attached hydrogens (tertiary/aromatic N) is 2. The zero-order valence-electron chi connectivity index (χ0n) is 11.5. The summed E-state index contributed by atoms with van der Waals surface area (Å²) < 4.78 is 0. The molecule has 0 aliphatic heterocycles. The predicted molar refractivity (Wildman–Crippen MR) is 81.0 cm³/mol. The molecule has 1 aromatic heterocycles. The van der Waals surface area contributed by atoms with Gasteiger partial charge in [0.2, 0.25) is 0 Å². The van der Waals surface area contributed by atoms with Crippen LogP contribution in [0.3, 0.4) is 0 Å². The zero-order chi connectivity index (χ0) is 13.1. The minimum atomic E-state index is 0.696. The third-order valence-corrected chi connectivity index (χ3v) is 6.31. The number of aryl methyl sites for hydroxylation is 1. The Morgan fingerprint density at radius 3 is 2.74 bits per heavy atom. The molecular formula is C15H23ClN2S. The first-order chi connectivity index (χ1) is 9.36. The van der Waals surface area contributed by atoms with Crippen molar-refractivity contribution in [2.24, 2.45) is 11.8 Å². The molecule has 4 heteroatoms. The molecule has 0 aromatic carbocycles. The van der Waals surface area contributed by atoms with E-state index in [-0.39, 0.29) is 0 Å². The van der Waals surface area contributed by atoms with E-state index in [1.807, 2.05) is 11.3 Å². The maximum absolute atomic E-state index is 5.74. The lowest BCUT2D eigenvalue weighted by atomic mass is 9.68. The first-order valence-electron chi connectivity index (χ1n) is 7.75. The Bertz CT molecular complexity index is 407. The Labute approximate surface area is 125 Å². The van der Waals surface area contributed by atoms with E-state index in [1.54, 1.807) is 0 Å². The molecule has 2 aliphatic carbocycles. The van der Waals surface area contributed by atoms with Crippen LogP contribution in [0.2, 0.25) is 0 Å². The van der Waals surface area contributed by atoms with Crippen molar-refractivity contribution < 1.29 is 0 Å². The number of hydrogen-bond donors (Lipinski definition) is 0. The number of alkyl halides is 1. The fourth-order valence-corrected chi connectivity index (χ4v) is 5.01. The molecule has 0 amide bonds. The summed E-state index contributed by atoms with van der Waals surface area (Å²) >= 11 is 7.58. The van der Waals surface area contributed by atoms with Gasteiger partial charge in [-0.2, -0.15) is 0 Å². The van der Waals surface area contributed by atoms with E-state index in [2.05, 4.69) is 10.2 Å². The second kappa shape index (κ2) is 6.53. The summed E-state index contributed by atoms with van der Waals surface area (Å²) in [6, 6.07) is 0. The molecule has 106 valence electrons. The molecule has 3 rings (SSSR count). The highest BCUT2D eigenvalue weighted by atomic mass is 35.5. The van der Waals surface area contributed by atoms with Crippen molar-refractivity contribution in [1.29, 1.82) is 0 Å². The molecule has 3 atom stereocenters. The molecule has 0 spiro atoms. The first-order valence-corrected chi connectivity index (χ1v) is 9.10. The molecule has 2 aliphatic rings. The van der Waals surface area contributed by atoms with Crippen molar-refractivity contribution >= 4 is 22.9 Å². The summed E-state index contributed by atoms with van der Waals surface area (Å²) in [5, 5.41) is 11.3. The number of fused-ring (bicyclic) bond motifs is 1. The maximum Gasteiger partial charge on any atom is 0.120 e. The van der Waals surface area contributed by atoms with Gasteiger partial charge in [0.1, 0.15) is 10.0 Å². The lowest BCUT2D eigenvalue weighted by molar-refractivity contribution is 0.155. The quantitative estimate of drug-likeness (QED) is 0.747. The average Bonchev–Trinajstić information content (AvgIpc) is 2.93. The highest BCUT2D eigenvalue weighted by Gasteiger charge is 2.33. The predicted octanol–water partition coefficient (Wildman–Crippen LogP) is 4.78.